The molecular weight excluding hydrogens is 246 g/mol. The molecule has 0 aromatic rings. The second-order valence-electron chi connectivity index (χ2n) is 3.97. The average molecular weight is 259 g/mol. The molecule has 1 saturated heterocycles. The molecule has 0 bridgehead atoms. The maximum atomic E-state index is 12.6. The lowest BCUT2D eigenvalue weighted by Gasteiger charge is -2.27. The van der Waals surface area contributed by atoms with Crippen molar-refractivity contribution in [2.45, 2.75) is 37.4 Å². The molecular formula is C9H13F4NO3. The molecule has 1 heterocycles. The van der Waals surface area contributed by atoms with Gasteiger partial charge in [0, 0.05) is 19.6 Å². The number of halogens is 4. The van der Waals surface area contributed by atoms with Crippen molar-refractivity contribution in [3.63, 3.8) is 0 Å². The molecule has 2 unspecified atom stereocenters. The van der Waals surface area contributed by atoms with Gasteiger partial charge in [-0.15, -0.1) is 0 Å². The van der Waals surface area contributed by atoms with Crippen LogP contribution in [0.25, 0.3) is 0 Å². The highest BCUT2D eigenvalue weighted by Crippen LogP contribution is 2.26. The maximum absolute atomic E-state index is 12.6. The van der Waals surface area contributed by atoms with Gasteiger partial charge in [0.15, 0.2) is 0 Å². The molecule has 0 radical (unpaired) electrons. The van der Waals surface area contributed by atoms with Crippen LogP contribution in [-0.2, 0) is 9.53 Å². The van der Waals surface area contributed by atoms with Gasteiger partial charge in [-0.05, 0) is 6.92 Å². The van der Waals surface area contributed by atoms with Crippen molar-refractivity contribution >= 4 is 5.91 Å². The monoisotopic (exact) mass is 259 g/mol. The predicted octanol–water partition coefficient (Wildman–Crippen LogP) is 0.543. The summed E-state index contributed by atoms with van der Waals surface area (Å²) in [6, 6.07) is 0. The summed E-state index contributed by atoms with van der Waals surface area (Å²) in [5, 5.41) is 11.5. The van der Waals surface area contributed by atoms with E-state index in [1.165, 1.54) is 6.92 Å². The number of nitrogens with one attached hydrogen (secondary N) is 1. The summed E-state index contributed by atoms with van der Waals surface area (Å²) in [6.07, 6.45) is -4.58. The fraction of sp³-hybridized carbons (Fsp3) is 0.889. The number of hydrogen-bond acceptors (Lipinski definition) is 3. The van der Waals surface area contributed by atoms with Crippen molar-refractivity contribution < 1.29 is 32.2 Å². The van der Waals surface area contributed by atoms with Crippen LogP contribution in [0, 0.1) is 0 Å². The van der Waals surface area contributed by atoms with E-state index in [0.717, 1.165) is 0 Å². The van der Waals surface area contributed by atoms with E-state index in [4.69, 9.17) is 4.74 Å². The Morgan fingerprint density at radius 3 is 2.65 bits per heavy atom. The SMILES string of the molecule is CC1OCCC1(O)CNC(=O)C(F)(F)C(F)F. The third-order valence-corrected chi connectivity index (χ3v) is 2.79. The Bertz CT molecular complexity index is 300. The van der Waals surface area contributed by atoms with Gasteiger partial charge in [-0.2, -0.15) is 8.78 Å². The van der Waals surface area contributed by atoms with E-state index in [0.29, 0.717) is 0 Å². The summed E-state index contributed by atoms with van der Waals surface area (Å²) in [5.74, 6) is -6.85. The maximum Gasteiger partial charge on any atom is 0.383 e. The topological polar surface area (TPSA) is 58.6 Å². The zero-order valence-corrected chi connectivity index (χ0v) is 9.05. The quantitative estimate of drug-likeness (QED) is 0.725. The van der Waals surface area contributed by atoms with E-state index >= 15 is 0 Å². The van der Waals surface area contributed by atoms with Crippen molar-refractivity contribution in [2.24, 2.45) is 0 Å². The van der Waals surface area contributed by atoms with Crippen molar-refractivity contribution in [1.29, 1.82) is 0 Å². The van der Waals surface area contributed by atoms with Crippen LogP contribution in [0.5, 0.6) is 0 Å². The van der Waals surface area contributed by atoms with Crippen molar-refractivity contribution in [3.8, 4) is 0 Å². The van der Waals surface area contributed by atoms with Gasteiger partial charge in [0.05, 0.1) is 6.10 Å². The van der Waals surface area contributed by atoms with Crippen LogP contribution in [0.4, 0.5) is 17.6 Å². The third kappa shape index (κ3) is 2.86. The minimum absolute atomic E-state index is 0.148. The second-order valence-corrected chi connectivity index (χ2v) is 3.97. The lowest BCUT2D eigenvalue weighted by molar-refractivity contribution is -0.170. The van der Waals surface area contributed by atoms with Gasteiger partial charge in [0.25, 0.3) is 5.91 Å². The van der Waals surface area contributed by atoms with Gasteiger partial charge in [-0.1, -0.05) is 0 Å². The van der Waals surface area contributed by atoms with Gasteiger partial charge in [0.1, 0.15) is 5.60 Å². The first-order valence-corrected chi connectivity index (χ1v) is 4.98. The summed E-state index contributed by atoms with van der Waals surface area (Å²) in [7, 11) is 0. The van der Waals surface area contributed by atoms with E-state index in [9.17, 15) is 27.5 Å². The van der Waals surface area contributed by atoms with E-state index in [2.05, 4.69) is 0 Å². The number of rotatable bonds is 4. The first-order valence-electron chi connectivity index (χ1n) is 4.98. The number of carbonyl (C=O) groups is 1. The predicted molar refractivity (Wildman–Crippen MR) is 48.9 cm³/mol. The lowest BCUT2D eigenvalue weighted by atomic mass is 9.96. The Morgan fingerprint density at radius 1 is 1.65 bits per heavy atom. The fourth-order valence-corrected chi connectivity index (χ4v) is 1.45. The van der Waals surface area contributed by atoms with Crippen molar-refractivity contribution in [1.82, 2.24) is 5.32 Å². The molecule has 1 fully saturated rings. The minimum atomic E-state index is -4.75. The van der Waals surface area contributed by atoms with Gasteiger partial charge < -0.3 is 15.2 Å². The molecule has 0 saturated carbocycles. The van der Waals surface area contributed by atoms with E-state index < -0.39 is 36.5 Å². The second kappa shape index (κ2) is 4.77. The number of ether oxygens (including phenoxy) is 1. The highest BCUT2D eigenvalue weighted by Gasteiger charge is 2.50. The van der Waals surface area contributed by atoms with Gasteiger partial charge >= 0.3 is 12.3 Å². The first kappa shape index (κ1) is 14.2. The van der Waals surface area contributed by atoms with Crippen LogP contribution in [0.2, 0.25) is 0 Å². The minimum Gasteiger partial charge on any atom is -0.385 e. The molecule has 2 atom stereocenters. The Hall–Kier alpha value is -0.890. The van der Waals surface area contributed by atoms with Crippen LogP contribution >= 0.6 is 0 Å². The lowest BCUT2D eigenvalue weighted by Crippen LogP contribution is -2.52. The highest BCUT2D eigenvalue weighted by atomic mass is 19.3. The number of amides is 1. The Morgan fingerprint density at radius 2 is 2.24 bits per heavy atom. The zero-order chi connectivity index (χ0) is 13.3. The van der Waals surface area contributed by atoms with Crippen LogP contribution in [0.15, 0.2) is 0 Å². The summed E-state index contributed by atoms with van der Waals surface area (Å²) in [4.78, 5) is 10.8. The molecule has 0 aromatic heterocycles. The van der Waals surface area contributed by atoms with Gasteiger partial charge in [-0.25, -0.2) is 8.78 Å². The summed E-state index contributed by atoms with van der Waals surface area (Å²) < 4.78 is 53.8. The smallest absolute Gasteiger partial charge is 0.383 e. The third-order valence-electron chi connectivity index (χ3n) is 2.79. The first-order chi connectivity index (χ1) is 7.70. The number of carbonyl (C=O) groups excluding carboxylic acids is 1. The number of alkyl halides is 4. The molecule has 0 spiro atoms. The Kier molecular flexibility index (Phi) is 3.98. The molecule has 2 N–H and O–H groups in total. The van der Waals surface area contributed by atoms with Crippen LogP contribution in [-0.4, -0.2) is 48.2 Å². The molecule has 17 heavy (non-hydrogen) atoms. The molecule has 0 aromatic carbocycles. The average Bonchev–Trinajstić information content (AvgIpc) is 2.56. The van der Waals surface area contributed by atoms with Crippen LogP contribution in [0.1, 0.15) is 13.3 Å². The van der Waals surface area contributed by atoms with Gasteiger partial charge in [-0.3, -0.25) is 4.79 Å². The fourth-order valence-electron chi connectivity index (χ4n) is 1.45. The molecule has 1 amide bonds. The summed E-state index contributed by atoms with van der Waals surface area (Å²) in [5.41, 5.74) is -1.49. The molecule has 8 heteroatoms. The van der Waals surface area contributed by atoms with Crippen molar-refractivity contribution in [3.05, 3.63) is 0 Å². The molecule has 1 aliphatic rings. The Labute approximate surface area is 94.9 Å². The van der Waals surface area contributed by atoms with Crippen LogP contribution < -0.4 is 5.32 Å². The van der Waals surface area contributed by atoms with E-state index in [1.807, 2.05) is 0 Å². The molecule has 1 aliphatic heterocycles. The molecule has 1 rings (SSSR count). The molecule has 100 valence electrons. The summed E-state index contributed by atoms with van der Waals surface area (Å²) >= 11 is 0. The van der Waals surface area contributed by atoms with Crippen LogP contribution in [0.3, 0.4) is 0 Å². The molecule has 0 aliphatic carbocycles. The van der Waals surface area contributed by atoms with Gasteiger partial charge in [0.2, 0.25) is 0 Å². The highest BCUT2D eigenvalue weighted by molar-refractivity contribution is 5.83. The standard InChI is InChI=1S/C9H13F4NO3/c1-5-8(16,2-3-17-5)4-14-7(15)9(12,13)6(10)11/h5-6,16H,2-4H2,1H3,(H,14,15). The number of hydrogen-bond donors (Lipinski definition) is 2. The number of aliphatic hydroxyl groups is 1. The normalized spacial score (nSPS) is 29.7. The Balaban J connectivity index is 2.54. The summed E-state index contributed by atoms with van der Waals surface area (Å²) in [6.45, 7) is 1.18. The van der Waals surface area contributed by atoms with E-state index in [1.54, 1.807) is 5.32 Å². The van der Waals surface area contributed by atoms with Crippen molar-refractivity contribution in [2.75, 3.05) is 13.2 Å². The van der Waals surface area contributed by atoms with E-state index in [-0.39, 0.29) is 13.0 Å². The zero-order valence-electron chi connectivity index (χ0n) is 9.05. The largest absolute Gasteiger partial charge is 0.385 e. The molecule has 4 nitrogen and oxygen atoms in total.